The molecule has 0 aromatic carbocycles. The van der Waals surface area contributed by atoms with Crippen LogP contribution < -0.4 is 5.32 Å². The van der Waals surface area contributed by atoms with Crippen LogP contribution in [0.3, 0.4) is 0 Å². The highest BCUT2D eigenvalue weighted by molar-refractivity contribution is 6.31. The molecule has 0 bridgehead atoms. The predicted octanol–water partition coefficient (Wildman–Crippen LogP) is 2.43. The molecule has 0 saturated carbocycles. The van der Waals surface area contributed by atoms with Crippen molar-refractivity contribution in [2.75, 3.05) is 0 Å². The SMILES string of the molecule is Cc1nn(CC(C)(C#N)NC(C)C)c(C)c1Cl. The molecule has 94 valence electrons. The number of halogens is 1. The van der Waals surface area contributed by atoms with Crippen LogP contribution in [0.1, 0.15) is 32.2 Å². The molecule has 0 aliphatic heterocycles. The van der Waals surface area contributed by atoms with Crippen LogP contribution in [-0.2, 0) is 6.54 Å². The van der Waals surface area contributed by atoms with Gasteiger partial charge >= 0.3 is 0 Å². The molecule has 0 fully saturated rings. The van der Waals surface area contributed by atoms with E-state index in [1.165, 1.54) is 0 Å². The summed E-state index contributed by atoms with van der Waals surface area (Å²) >= 11 is 6.09. The summed E-state index contributed by atoms with van der Waals surface area (Å²) in [5, 5.41) is 17.5. The van der Waals surface area contributed by atoms with Crippen molar-refractivity contribution in [2.24, 2.45) is 0 Å². The molecule has 1 rings (SSSR count). The van der Waals surface area contributed by atoms with E-state index < -0.39 is 5.54 Å². The number of aromatic nitrogens is 2. The summed E-state index contributed by atoms with van der Waals surface area (Å²) in [5.74, 6) is 0. The van der Waals surface area contributed by atoms with Gasteiger partial charge < -0.3 is 0 Å². The van der Waals surface area contributed by atoms with Crippen molar-refractivity contribution in [1.82, 2.24) is 15.1 Å². The molecule has 17 heavy (non-hydrogen) atoms. The van der Waals surface area contributed by atoms with E-state index in [9.17, 15) is 5.26 Å². The van der Waals surface area contributed by atoms with Crippen molar-refractivity contribution < 1.29 is 0 Å². The maximum absolute atomic E-state index is 9.28. The van der Waals surface area contributed by atoms with Gasteiger partial charge in [-0.1, -0.05) is 11.6 Å². The third kappa shape index (κ3) is 3.21. The Balaban J connectivity index is 2.96. The number of hydrogen-bond donors (Lipinski definition) is 1. The summed E-state index contributed by atoms with van der Waals surface area (Å²) in [6.45, 7) is 10.2. The van der Waals surface area contributed by atoms with Crippen LogP contribution in [0.25, 0.3) is 0 Å². The van der Waals surface area contributed by atoms with E-state index in [0.29, 0.717) is 11.6 Å². The summed E-state index contributed by atoms with van der Waals surface area (Å²) < 4.78 is 1.79. The lowest BCUT2D eigenvalue weighted by molar-refractivity contribution is 0.340. The first-order chi connectivity index (χ1) is 7.79. The molecule has 0 amide bonds. The summed E-state index contributed by atoms with van der Waals surface area (Å²) in [6, 6.07) is 2.54. The molecule has 0 aliphatic rings. The number of rotatable bonds is 4. The lowest BCUT2D eigenvalue weighted by atomic mass is 10.0. The molecular weight excluding hydrogens is 236 g/mol. The molecule has 0 saturated heterocycles. The first-order valence-corrected chi connectivity index (χ1v) is 6.05. The van der Waals surface area contributed by atoms with Gasteiger partial charge in [0.2, 0.25) is 0 Å². The second-order valence-electron chi connectivity index (χ2n) is 4.89. The van der Waals surface area contributed by atoms with Crippen molar-refractivity contribution in [2.45, 2.75) is 52.7 Å². The van der Waals surface area contributed by atoms with Crippen LogP contribution in [0.15, 0.2) is 0 Å². The van der Waals surface area contributed by atoms with Crippen LogP contribution >= 0.6 is 11.6 Å². The van der Waals surface area contributed by atoms with Crippen molar-refractivity contribution in [3.05, 3.63) is 16.4 Å². The van der Waals surface area contributed by atoms with Crippen molar-refractivity contribution >= 4 is 11.6 Å². The van der Waals surface area contributed by atoms with Crippen LogP contribution in [0.5, 0.6) is 0 Å². The van der Waals surface area contributed by atoms with Crippen LogP contribution in [0.4, 0.5) is 0 Å². The Kier molecular flexibility index (Phi) is 4.18. The second-order valence-corrected chi connectivity index (χ2v) is 5.26. The van der Waals surface area contributed by atoms with Crippen molar-refractivity contribution in [3.8, 4) is 6.07 Å². The Morgan fingerprint density at radius 3 is 2.47 bits per heavy atom. The fourth-order valence-electron chi connectivity index (χ4n) is 1.88. The molecule has 1 N–H and O–H groups in total. The van der Waals surface area contributed by atoms with Gasteiger partial charge in [-0.25, -0.2) is 0 Å². The van der Waals surface area contributed by atoms with Gasteiger partial charge in [0.05, 0.1) is 29.0 Å². The molecular formula is C12H19ClN4. The van der Waals surface area contributed by atoms with E-state index in [1.807, 2.05) is 34.6 Å². The Morgan fingerprint density at radius 2 is 2.12 bits per heavy atom. The molecule has 0 aliphatic carbocycles. The Labute approximate surface area is 108 Å². The molecule has 1 atom stereocenters. The number of hydrogen-bond acceptors (Lipinski definition) is 3. The normalized spacial score (nSPS) is 14.7. The fraction of sp³-hybridized carbons (Fsp3) is 0.667. The highest BCUT2D eigenvalue weighted by Gasteiger charge is 2.26. The summed E-state index contributed by atoms with van der Waals surface area (Å²) in [6.07, 6.45) is 0. The maximum Gasteiger partial charge on any atom is 0.123 e. The van der Waals surface area contributed by atoms with E-state index in [0.717, 1.165) is 11.4 Å². The molecule has 4 nitrogen and oxygen atoms in total. The number of nitriles is 1. The first-order valence-electron chi connectivity index (χ1n) is 5.67. The van der Waals surface area contributed by atoms with E-state index in [-0.39, 0.29) is 6.04 Å². The standard InChI is InChI=1S/C12H19ClN4/c1-8(2)15-12(5,6-14)7-17-10(4)11(13)9(3)16-17/h8,15H,7H2,1-5H3. The lowest BCUT2D eigenvalue weighted by Crippen LogP contribution is -2.48. The van der Waals surface area contributed by atoms with Crippen LogP contribution in [0.2, 0.25) is 5.02 Å². The third-order valence-corrected chi connectivity index (χ3v) is 3.16. The molecule has 0 radical (unpaired) electrons. The van der Waals surface area contributed by atoms with E-state index in [1.54, 1.807) is 4.68 Å². The zero-order valence-electron chi connectivity index (χ0n) is 11.0. The zero-order chi connectivity index (χ0) is 13.2. The highest BCUT2D eigenvalue weighted by atomic mass is 35.5. The minimum Gasteiger partial charge on any atom is -0.296 e. The van der Waals surface area contributed by atoms with Gasteiger partial charge in [-0.05, 0) is 34.6 Å². The molecule has 1 unspecified atom stereocenters. The third-order valence-electron chi connectivity index (χ3n) is 2.61. The minimum absolute atomic E-state index is 0.243. The highest BCUT2D eigenvalue weighted by Crippen LogP contribution is 2.20. The van der Waals surface area contributed by atoms with Crippen molar-refractivity contribution in [1.29, 1.82) is 5.26 Å². The molecule has 1 aromatic heterocycles. The Bertz CT molecular complexity index is 444. The van der Waals surface area contributed by atoms with E-state index in [4.69, 9.17) is 11.6 Å². The maximum atomic E-state index is 9.28. The van der Waals surface area contributed by atoms with Crippen LogP contribution in [-0.4, -0.2) is 21.4 Å². The van der Waals surface area contributed by atoms with Gasteiger partial charge in [-0.2, -0.15) is 10.4 Å². The Hall–Kier alpha value is -1.05. The predicted molar refractivity (Wildman–Crippen MR) is 69.0 cm³/mol. The molecule has 5 heteroatoms. The number of aryl methyl sites for hydroxylation is 1. The summed E-state index contributed by atoms with van der Waals surface area (Å²) in [5.41, 5.74) is 1.06. The van der Waals surface area contributed by atoms with E-state index >= 15 is 0 Å². The quantitative estimate of drug-likeness (QED) is 0.898. The number of nitrogens with zero attached hydrogens (tertiary/aromatic N) is 3. The van der Waals surface area contributed by atoms with Gasteiger partial charge in [0.1, 0.15) is 5.54 Å². The van der Waals surface area contributed by atoms with E-state index in [2.05, 4.69) is 16.5 Å². The summed E-state index contributed by atoms with van der Waals surface area (Å²) in [4.78, 5) is 0. The van der Waals surface area contributed by atoms with Gasteiger partial charge in [0.15, 0.2) is 0 Å². The van der Waals surface area contributed by atoms with Crippen molar-refractivity contribution in [3.63, 3.8) is 0 Å². The van der Waals surface area contributed by atoms with Crippen LogP contribution in [0, 0.1) is 25.2 Å². The van der Waals surface area contributed by atoms with Gasteiger partial charge in [-0.3, -0.25) is 10.00 Å². The lowest BCUT2D eigenvalue weighted by Gasteiger charge is -2.26. The summed E-state index contributed by atoms with van der Waals surface area (Å²) in [7, 11) is 0. The monoisotopic (exact) mass is 254 g/mol. The van der Waals surface area contributed by atoms with Gasteiger partial charge in [0, 0.05) is 6.04 Å². The van der Waals surface area contributed by atoms with Gasteiger partial charge in [0.25, 0.3) is 0 Å². The Morgan fingerprint density at radius 1 is 1.53 bits per heavy atom. The first kappa shape index (κ1) is 14.0. The largest absolute Gasteiger partial charge is 0.296 e. The zero-order valence-corrected chi connectivity index (χ0v) is 11.8. The minimum atomic E-state index is -0.638. The fourth-order valence-corrected chi connectivity index (χ4v) is 2.01. The molecule has 0 spiro atoms. The average molecular weight is 255 g/mol. The number of nitrogens with one attached hydrogen (secondary N) is 1. The molecule has 1 heterocycles. The molecule has 1 aromatic rings. The second kappa shape index (κ2) is 5.07. The average Bonchev–Trinajstić information content (AvgIpc) is 2.45. The smallest absolute Gasteiger partial charge is 0.123 e. The van der Waals surface area contributed by atoms with Gasteiger partial charge in [-0.15, -0.1) is 0 Å². The topological polar surface area (TPSA) is 53.6 Å².